The number of hydrogen-bond acceptors (Lipinski definition) is 5. The number of nitriles is 1. The maximum atomic E-state index is 12.8. The van der Waals surface area contributed by atoms with Crippen molar-refractivity contribution in [2.75, 3.05) is 19.7 Å². The van der Waals surface area contributed by atoms with Crippen LogP contribution in [0.4, 0.5) is 0 Å². The van der Waals surface area contributed by atoms with Crippen molar-refractivity contribution in [2.45, 2.75) is 43.9 Å². The predicted octanol–water partition coefficient (Wildman–Crippen LogP) is 2.63. The van der Waals surface area contributed by atoms with E-state index in [1.165, 1.54) is 10.4 Å². The second kappa shape index (κ2) is 8.27. The summed E-state index contributed by atoms with van der Waals surface area (Å²) in [5.41, 5.74) is 0.828. The first-order valence-corrected chi connectivity index (χ1v) is 9.55. The third-order valence-corrected chi connectivity index (χ3v) is 6.06. The van der Waals surface area contributed by atoms with E-state index in [2.05, 4.69) is 0 Å². The highest BCUT2D eigenvalue weighted by Crippen LogP contribution is 2.24. The molecule has 0 spiro atoms. The van der Waals surface area contributed by atoms with Gasteiger partial charge in [-0.05, 0) is 43.9 Å². The van der Waals surface area contributed by atoms with Crippen molar-refractivity contribution in [3.05, 3.63) is 29.3 Å². The molecular weight excluding hydrogens is 328 g/mol. The molecule has 7 heteroatoms. The molecule has 6 nitrogen and oxygen atoms in total. The molecule has 1 heterocycles. The van der Waals surface area contributed by atoms with E-state index in [9.17, 15) is 13.2 Å². The molecule has 0 radical (unpaired) electrons. The van der Waals surface area contributed by atoms with Crippen molar-refractivity contribution in [1.29, 1.82) is 5.26 Å². The fourth-order valence-electron chi connectivity index (χ4n) is 2.65. The summed E-state index contributed by atoms with van der Waals surface area (Å²) < 4.78 is 32.2. The van der Waals surface area contributed by atoms with Crippen LogP contribution in [0.2, 0.25) is 0 Å². The Balaban J connectivity index is 2.19. The van der Waals surface area contributed by atoms with Crippen LogP contribution in [-0.2, 0) is 14.8 Å². The van der Waals surface area contributed by atoms with Crippen LogP contribution in [0.25, 0.3) is 0 Å². The van der Waals surface area contributed by atoms with Crippen LogP contribution in [-0.4, -0.2) is 38.4 Å². The van der Waals surface area contributed by atoms with Gasteiger partial charge in [0, 0.05) is 19.5 Å². The van der Waals surface area contributed by atoms with Gasteiger partial charge in [-0.15, -0.1) is 0 Å². The van der Waals surface area contributed by atoms with E-state index in [4.69, 9.17) is 10.00 Å². The molecule has 1 aromatic rings. The first kappa shape index (κ1) is 18.4. The fraction of sp³-hybridized carbons (Fsp3) is 0.529. The third-order valence-electron chi connectivity index (χ3n) is 4.02. The molecule has 130 valence electrons. The molecule has 0 aliphatic carbocycles. The SMILES string of the molecule is Cc1ccc(C(=O)OCCCC#N)cc1S(=O)(=O)N1CCCCC1. The molecule has 1 aromatic carbocycles. The Bertz CT molecular complexity index is 731. The smallest absolute Gasteiger partial charge is 0.338 e. The summed E-state index contributed by atoms with van der Waals surface area (Å²) in [6.07, 6.45) is 3.54. The van der Waals surface area contributed by atoms with E-state index in [0.29, 0.717) is 31.5 Å². The van der Waals surface area contributed by atoms with Crippen LogP contribution in [0.1, 0.15) is 48.0 Å². The van der Waals surface area contributed by atoms with Gasteiger partial charge in [-0.1, -0.05) is 12.5 Å². The van der Waals surface area contributed by atoms with Gasteiger partial charge in [0.15, 0.2) is 0 Å². The number of carbonyl (C=O) groups is 1. The quantitative estimate of drug-likeness (QED) is 0.581. The van der Waals surface area contributed by atoms with E-state index in [1.807, 2.05) is 6.07 Å². The summed E-state index contributed by atoms with van der Waals surface area (Å²) >= 11 is 0. The van der Waals surface area contributed by atoms with Crippen molar-refractivity contribution in [3.8, 4) is 6.07 Å². The van der Waals surface area contributed by atoms with Crippen LogP contribution in [0.15, 0.2) is 23.1 Å². The van der Waals surface area contributed by atoms with Crippen molar-refractivity contribution in [1.82, 2.24) is 4.31 Å². The van der Waals surface area contributed by atoms with Gasteiger partial charge in [0.25, 0.3) is 0 Å². The zero-order chi connectivity index (χ0) is 17.6. The number of aryl methyl sites for hydroxylation is 1. The summed E-state index contributed by atoms with van der Waals surface area (Å²) in [6, 6.07) is 6.57. The average molecular weight is 350 g/mol. The van der Waals surface area contributed by atoms with E-state index in [1.54, 1.807) is 19.1 Å². The molecule has 0 aromatic heterocycles. The van der Waals surface area contributed by atoms with E-state index < -0.39 is 16.0 Å². The van der Waals surface area contributed by atoms with Gasteiger partial charge in [-0.2, -0.15) is 9.57 Å². The van der Waals surface area contributed by atoms with Gasteiger partial charge >= 0.3 is 5.97 Å². The number of piperidine rings is 1. The maximum Gasteiger partial charge on any atom is 0.338 e. The highest BCUT2D eigenvalue weighted by atomic mass is 32.2. The van der Waals surface area contributed by atoms with Crippen LogP contribution in [0.3, 0.4) is 0 Å². The molecule has 0 bridgehead atoms. The van der Waals surface area contributed by atoms with Gasteiger partial charge in [0.2, 0.25) is 10.0 Å². The lowest BCUT2D eigenvalue weighted by Gasteiger charge is -2.26. The minimum absolute atomic E-state index is 0.147. The number of nitrogens with zero attached hydrogens (tertiary/aromatic N) is 2. The lowest BCUT2D eigenvalue weighted by molar-refractivity contribution is 0.0501. The summed E-state index contributed by atoms with van der Waals surface area (Å²) in [5, 5.41) is 8.47. The Hall–Kier alpha value is -1.91. The molecule has 1 aliphatic heterocycles. The zero-order valence-electron chi connectivity index (χ0n) is 13.8. The molecule has 0 atom stereocenters. The van der Waals surface area contributed by atoms with Crippen LogP contribution in [0, 0.1) is 18.3 Å². The average Bonchev–Trinajstić information content (AvgIpc) is 2.59. The van der Waals surface area contributed by atoms with Crippen molar-refractivity contribution in [3.63, 3.8) is 0 Å². The molecule has 0 N–H and O–H groups in total. The van der Waals surface area contributed by atoms with Gasteiger partial charge < -0.3 is 4.74 Å². The Morgan fingerprint density at radius 2 is 2.00 bits per heavy atom. The number of benzene rings is 1. The number of carbonyl (C=O) groups excluding carboxylic acids is 1. The first-order valence-electron chi connectivity index (χ1n) is 8.11. The van der Waals surface area contributed by atoms with Crippen LogP contribution >= 0.6 is 0 Å². The summed E-state index contributed by atoms with van der Waals surface area (Å²) in [4.78, 5) is 12.2. The Labute approximate surface area is 143 Å². The first-order chi connectivity index (χ1) is 11.5. The molecule has 24 heavy (non-hydrogen) atoms. The molecule has 2 rings (SSSR count). The van der Waals surface area contributed by atoms with Crippen molar-refractivity contribution >= 4 is 16.0 Å². The predicted molar refractivity (Wildman–Crippen MR) is 88.9 cm³/mol. The van der Waals surface area contributed by atoms with E-state index in [-0.39, 0.29) is 17.1 Å². The second-order valence-electron chi connectivity index (χ2n) is 5.84. The molecule has 1 fully saturated rings. The summed E-state index contributed by atoms with van der Waals surface area (Å²) in [6.45, 7) is 2.91. The topological polar surface area (TPSA) is 87.5 Å². The minimum atomic E-state index is -3.60. The zero-order valence-corrected chi connectivity index (χ0v) is 14.6. The summed E-state index contributed by atoms with van der Waals surface area (Å²) in [5.74, 6) is -0.567. The van der Waals surface area contributed by atoms with Gasteiger partial charge in [0.05, 0.1) is 23.1 Å². The van der Waals surface area contributed by atoms with Gasteiger partial charge in [-0.25, -0.2) is 13.2 Å². The minimum Gasteiger partial charge on any atom is -0.462 e. The Kier molecular flexibility index (Phi) is 6.35. The number of esters is 1. The molecule has 1 saturated heterocycles. The normalized spacial score (nSPS) is 15.7. The number of sulfonamides is 1. The van der Waals surface area contributed by atoms with Crippen LogP contribution in [0.5, 0.6) is 0 Å². The molecule has 0 unspecified atom stereocenters. The van der Waals surface area contributed by atoms with Gasteiger partial charge in [0.1, 0.15) is 0 Å². The van der Waals surface area contributed by atoms with Crippen LogP contribution < -0.4 is 0 Å². The number of unbranched alkanes of at least 4 members (excludes halogenated alkanes) is 1. The largest absolute Gasteiger partial charge is 0.462 e. The number of rotatable bonds is 6. The molecular formula is C17H22N2O4S. The van der Waals surface area contributed by atoms with E-state index in [0.717, 1.165) is 19.3 Å². The standard InChI is InChI=1S/C17H22N2O4S/c1-14-7-8-15(17(20)23-12-6-3-9-18)13-16(14)24(21,22)19-10-4-2-5-11-19/h7-8,13H,2-6,10-12H2,1H3. The van der Waals surface area contributed by atoms with Gasteiger partial charge in [-0.3, -0.25) is 0 Å². The maximum absolute atomic E-state index is 12.8. The van der Waals surface area contributed by atoms with Crippen molar-refractivity contribution in [2.24, 2.45) is 0 Å². The number of hydrogen-bond donors (Lipinski definition) is 0. The lowest BCUT2D eigenvalue weighted by atomic mass is 10.1. The lowest BCUT2D eigenvalue weighted by Crippen LogP contribution is -2.36. The summed E-state index contributed by atoms with van der Waals surface area (Å²) in [7, 11) is -3.60. The third kappa shape index (κ3) is 4.34. The number of ether oxygens (including phenoxy) is 1. The molecule has 0 saturated carbocycles. The fourth-order valence-corrected chi connectivity index (χ4v) is 4.42. The molecule has 1 aliphatic rings. The highest BCUT2D eigenvalue weighted by molar-refractivity contribution is 7.89. The Morgan fingerprint density at radius 3 is 2.67 bits per heavy atom. The Morgan fingerprint density at radius 1 is 1.29 bits per heavy atom. The highest BCUT2D eigenvalue weighted by Gasteiger charge is 2.28. The second-order valence-corrected chi connectivity index (χ2v) is 7.75. The monoisotopic (exact) mass is 350 g/mol. The van der Waals surface area contributed by atoms with E-state index >= 15 is 0 Å². The van der Waals surface area contributed by atoms with Crippen molar-refractivity contribution < 1.29 is 17.9 Å². The molecule has 0 amide bonds.